The highest BCUT2D eigenvalue weighted by molar-refractivity contribution is 5.92. The smallest absolute Gasteiger partial charge is 0.341 e. The molecule has 3 heterocycles. The zero-order valence-corrected chi connectivity index (χ0v) is 30.1. The molecule has 0 aromatic rings. The van der Waals surface area contributed by atoms with Gasteiger partial charge in [0.05, 0.1) is 25.9 Å². The molecule has 5 rings (SSSR count). The third-order valence-electron chi connectivity index (χ3n) is 10.5. The molecule has 16 heteroatoms. The van der Waals surface area contributed by atoms with Gasteiger partial charge in [0.2, 0.25) is 12.1 Å². The van der Waals surface area contributed by atoms with Gasteiger partial charge in [0, 0.05) is 5.57 Å². The van der Waals surface area contributed by atoms with Gasteiger partial charge in [-0.1, -0.05) is 30.6 Å². The summed E-state index contributed by atoms with van der Waals surface area (Å²) >= 11 is 0. The maximum Gasteiger partial charge on any atom is 0.341 e. The number of aliphatic carboxylic acids is 1. The number of hydrogen-bond acceptors (Lipinski definition) is 14. The lowest BCUT2D eigenvalue weighted by atomic mass is 9.76. The molecule has 8 unspecified atom stereocenters. The van der Waals surface area contributed by atoms with E-state index in [0.29, 0.717) is 36.2 Å². The molecule has 296 valence electrons. The first-order valence-corrected chi connectivity index (χ1v) is 18.5. The van der Waals surface area contributed by atoms with E-state index >= 15 is 0 Å². The van der Waals surface area contributed by atoms with Gasteiger partial charge in [-0.25, -0.2) is 9.59 Å². The molecule has 0 amide bonds. The van der Waals surface area contributed by atoms with Gasteiger partial charge in [-0.15, -0.1) is 0 Å². The molecule has 2 aliphatic carbocycles. The number of carboxylic acids is 1. The third-order valence-corrected chi connectivity index (χ3v) is 10.5. The van der Waals surface area contributed by atoms with Crippen molar-refractivity contribution in [3.63, 3.8) is 0 Å². The number of carbonyl (C=O) groups excluding carboxylic acids is 1. The molecule has 9 N–H and O–H groups in total. The van der Waals surface area contributed by atoms with Crippen LogP contribution in [0.4, 0.5) is 0 Å². The second-order valence-electron chi connectivity index (χ2n) is 14.4. The molecule has 8 atom stereocenters. The Bertz CT molecular complexity index is 1430. The van der Waals surface area contributed by atoms with Crippen molar-refractivity contribution in [2.75, 3.05) is 40.1 Å². The third kappa shape index (κ3) is 9.82. The van der Waals surface area contributed by atoms with Crippen molar-refractivity contribution in [2.24, 2.45) is 5.92 Å². The number of carbonyl (C=O) groups is 2. The van der Waals surface area contributed by atoms with Gasteiger partial charge in [-0.05, 0) is 70.6 Å². The van der Waals surface area contributed by atoms with Crippen LogP contribution >= 0.6 is 0 Å². The maximum absolute atomic E-state index is 14.0. The highest BCUT2D eigenvalue weighted by atomic mass is 16.8. The van der Waals surface area contributed by atoms with E-state index in [0.717, 1.165) is 50.4 Å². The fourth-order valence-electron chi connectivity index (χ4n) is 7.57. The summed E-state index contributed by atoms with van der Waals surface area (Å²) in [6.07, 6.45) is 8.34. The van der Waals surface area contributed by atoms with Gasteiger partial charge in [0.1, 0.15) is 60.6 Å². The lowest BCUT2D eigenvalue weighted by molar-refractivity contribution is -0.842. The van der Waals surface area contributed by atoms with Crippen LogP contribution in [0.1, 0.15) is 64.2 Å². The van der Waals surface area contributed by atoms with Crippen molar-refractivity contribution < 1.29 is 73.9 Å². The number of hydrogen-bond donors (Lipinski definition) is 9. The minimum Gasteiger partial charge on any atom is -0.477 e. The lowest BCUT2D eigenvalue weighted by Gasteiger charge is -2.48. The highest BCUT2D eigenvalue weighted by Crippen LogP contribution is 2.43. The van der Waals surface area contributed by atoms with Gasteiger partial charge in [0.25, 0.3) is 0 Å². The summed E-state index contributed by atoms with van der Waals surface area (Å²) in [6, 6.07) is 0. The Balaban J connectivity index is 1.58. The van der Waals surface area contributed by atoms with Crippen molar-refractivity contribution in [3.8, 4) is 0 Å². The van der Waals surface area contributed by atoms with Crippen molar-refractivity contribution in [3.05, 3.63) is 59.1 Å². The molecule has 0 bridgehead atoms. The molecule has 16 nitrogen and oxygen atoms in total. The molecule has 0 radical (unpaired) electrons. The van der Waals surface area contributed by atoms with Crippen LogP contribution in [-0.4, -0.2) is 136 Å². The second-order valence-corrected chi connectivity index (χ2v) is 14.4. The normalized spacial score (nSPS) is 33.8. The minimum atomic E-state index is -2.95. The van der Waals surface area contributed by atoms with E-state index in [1.807, 2.05) is 0 Å². The summed E-state index contributed by atoms with van der Waals surface area (Å²) in [5, 5.41) is 77.6. The first-order valence-electron chi connectivity index (χ1n) is 18.5. The van der Waals surface area contributed by atoms with Gasteiger partial charge in [-0.2, -0.15) is 0 Å². The summed E-state index contributed by atoms with van der Waals surface area (Å²) in [7, 11) is 1.55. The van der Waals surface area contributed by atoms with E-state index in [9.17, 15) is 45.3 Å². The zero-order valence-electron chi connectivity index (χ0n) is 30.1. The zero-order chi connectivity index (χ0) is 38.2. The number of ether oxygens (including phenoxy) is 5. The van der Waals surface area contributed by atoms with E-state index in [1.54, 1.807) is 13.1 Å². The molecule has 1 saturated heterocycles. The number of rotatable bonds is 14. The highest BCUT2D eigenvalue weighted by Gasteiger charge is 2.58. The second kappa shape index (κ2) is 18.6. The summed E-state index contributed by atoms with van der Waals surface area (Å²) in [5.74, 6) is -6.11. The van der Waals surface area contributed by atoms with Crippen LogP contribution in [0.25, 0.3) is 0 Å². The van der Waals surface area contributed by atoms with Crippen molar-refractivity contribution in [1.82, 2.24) is 5.32 Å². The monoisotopic (exact) mass is 751 g/mol. The number of quaternary nitrogens is 1. The Labute approximate surface area is 308 Å². The van der Waals surface area contributed by atoms with E-state index in [4.69, 9.17) is 23.7 Å². The number of aliphatic hydroxyl groups is 6. The SMILES string of the molecule is CNCOC1C(OC2OC=C(C(=O)OC3CCCCC3)C(O)(C=CC3=CC(C(=O)O)=C[NH+](CCO)C3)C2C=C2CCCCC2)OC(CO)C(O)C1(O)O. The molecule has 53 heavy (non-hydrogen) atoms. The van der Waals surface area contributed by atoms with Crippen molar-refractivity contribution >= 4 is 11.9 Å². The average molecular weight is 752 g/mol. The predicted molar refractivity (Wildman–Crippen MR) is 185 cm³/mol. The van der Waals surface area contributed by atoms with Crippen molar-refractivity contribution in [1.29, 1.82) is 0 Å². The Morgan fingerprint density at radius 1 is 1.06 bits per heavy atom. The Morgan fingerprint density at radius 3 is 2.43 bits per heavy atom. The van der Waals surface area contributed by atoms with E-state index in [2.05, 4.69) is 5.32 Å². The number of carboxylic acid groups (broad SMARTS) is 1. The fraction of sp³-hybridized carbons (Fsp3) is 0.676. The van der Waals surface area contributed by atoms with Gasteiger partial charge in [-0.3, -0.25) is 5.32 Å². The number of aliphatic hydroxyl groups excluding tert-OH is 3. The molecular formula is C37H55N2O14+. The Morgan fingerprint density at radius 2 is 1.77 bits per heavy atom. The van der Waals surface area contributed by atoms with Crippen LogP contribution in [0.15, 0.2) is 59.1 Å². The molecule has 3 aliphatic heterocycles. The van der Waals surface area contributed by atoms with E-state index in [-0.39, 0.29) is 43.7 Å². The van der Waals surface area contributed by atoms with E-state index < -0.39 is 66.7 Å². The van der Waals surface area contributed by atoms with Crippen LogP contribution in [0, 0.1) is 5.92 Å². The molecule has 0 aromatic carbocycles. The number of nitrogens with one attached hydrogen (secondary N) is 2. The predicted octanol–water partition coefficient (Wildman–Crippen LogP) is -0.980. The van der Waals surface area contributed by atoms with Gasteiger partial charge in [0.15, 0.2) is 12.4 Å². The largest absolute Gasteiger partial charge is 0.477 e. The number of allylic oxidation sites excluding steroid dienone is 1. The molecule has 0 aromatic heterocycles. The first-order chi connectivity index (χ1) is 25.4. The maximum atomic E-state index is 14.0. The quantitative estimate of drug-likeness (QED) is 0.0589. The summed E-state index contributed by atoms with van der Waals surface area (Å²) in [6.45, 7) is -0.693. The molecular weight excluding hydrogens is 696 g/mol. The number of esters is 1. The average Bonchev–Trinajstić information content (AvgIpc) is 3.14. The lowest BCUT2D eigenvalue weighted by Crippen LogP contribution is -3.08. The molecule has 3 fully saturated rings. The molecule has 5 aliphatic rings. The van der Waals surface area contributed by atoms with E-state index in [1.165, 1.54) is 24.4 Å². The first kappa shape index (κ1) is 41.2. The van der Waals surface area contributed by atoms with Crippen LogP contribution in [0.5, 0.6) is 0 Å². The molecule has 2 saturated carbocycles. The molecule has 0 spiro atoms. The summed E-state index contributed by atoms with van der Waals surface area (Å²) in [4.78, 5) is 26.6. The van der Waals surface area contributed by atoms with Gasteiger partial charge >= 0.3 is 11.9 Å². The topological polar surface area (TPSA) is 238 Å². The minimum absolute atomic E-state index is 0.00736. The van der Waals surface area contributed by atoms with Crippen molar-refractivity contribution in [2.45, 2.75) is 113 Å². The summed E-state index contributed by atoms with van der Waals surface area (Å²) in [5.41, 5.74) is -0.961. The summed E-state index contributed by atoms with van der Waals surface area (Å²) < 4.78 is 29.7. The fourth-order valence-corrected chi connectivity index (χ4v) is 7.57. The standard InChI is InChI=1S/C37H54N2O14/c1-38-22-50-31-35(52-29(20-41)30(42)37(31,47)48)53-34-27(17-23-8-4-2-5-9-23)36(46,28(21-49-34)33(45)51-26-10-6-3-7-11-26)13-12-24-16-25(32(43)44)19-39(18-24)14-15-40/h12-13,16-17,19,21,26-27,29-31,34-35,38,40-42,46-48H,2-11,14-15,18,20,22H2,1H3,(H,43,44)/p+1. The van der Waals surface area contributed by atoms with Crippen LogP contribution in [0.3, 0.4) is 0 Å². The van der Waals surface area contributed by atoms with Gasteiger partial charge < -0.3 is 64.3 Å². The Kier molecular flexibility index (Phi) is 14.4. The van der Waals surface area contributed by atoms with Crippen LogP contribution < -0.4 is 10.2 Å². The van der Waals surface area contributed by atoms with Crippen LogP contribution in [-0.2, 0) is 33.3 Å². The van der Waals surface area contributed by atoms with Crippen LogP contribution in [0.2, 0.25) is 0 Å². The Hall–Kier alpha value is -3.00.